The number of carbonyl (C=O) groups excluding carboxylic acids is 1. The van der Waals surface area contributed by atoms with Gasteiger partial charge < -0.3 is 15.0 Å². The SMILES string of the molecule is COc1ccc(C(F)(F)F)cc1CNC(=O)C1(C(C)C)CCC(N2CCC(c3ccc(F)cc3)CC2)C1. The van der Waals surface area contributed by atoms with E-state index in [1.54, 1.807) is 0 Å². The van der Waals surface area contributed by atoms with Gasteiger partial charge in [0, 0.05) is 18.2 Å². The van der Waals surface area contributed by atoms with Crippen molar-refractivity contribution >= 4 is 5.91 Å². The van der Waals surface area contributed by atoms with Crippen LogP contribution in [0.4, 0.5) is 17.6 Å². The number of hydrogen-bond acceptors (Lipinski definition) is 3. The van der Waals surface area contributed by atoms with Crippen molar-refractivity contribution in [3.05, 3.63) is 65.0 Å². The van der Waals surface area contributed by atoms with Gasteiger partial charge in [-0.25, -0.2) is 4.39 Å². The van der Waals surface area contributed by atoms with Crippen LogP contribution in [0, 0.1) is 17.2 Å². The van der Waals surface area contributed by atoms with E-state index in [-0.39, 0.29) is 24.2 Å². The Morgan fingerprint density at radius 2 is 1.78 bits per heavy atom. The highest BCUT2D eigenvalue weighted by Gasteiger charge is 2.49. The summed E-state index contributed by atoms with van der Waals surface area (Å²) in [5.74, 6) is 0.504. The molecule has 2 aromatic rings. The van der Waals surface area contributed by atoms with Gasteiger partial charge in [0.2, 0.25) is 5.91 Å². The second-order valence-electron chi connectivity index (χ2n) is 10.8. The summed E-state index contributed by atoms with van der Waals surface area (Å²) < 4.78 is 58.2. The Labute approximate surface area is 216 Å². The van der Waals surface area contributed by atoms with Crippen LogP contribution in [0.15, 0.2) is 42.5 Å². The van der Waals surface area contributed by atoms with Gasteiger partial charge in [-0.1, -0.05) is 26.0 Å². The summed E-state index contributed by atoms with van der Waals surface area (Å²) in [7, 11) is 1.41. The fraction of sp³-hybridized carbons (Fsp3) is 0.552. The van der Waals surface area contributed by atoms with Crippen molar-refractivity contribution in [3.63, 3.8) is 0 Å². The fourth-order valence-corrected chi connectivity index (χ4v) is 6.13. The number of nitrogens with one attached hydrogen (secondary N) is 1. The first-order chi connectivity index (χ1) is 17.5. The predicted octanol–water partition coefficient (Wildman–Crippen LogP) is 6.54. The van der Waals surface area contributed by atoms with Crippen LogP contribution in [0.3, 0.4) is 0 Å². The summed E-state index contributed by atoms with van der Waals surface area (Å²) in [6, 6.07) is 10.4. The summed E-state index contributed by atoms with van der Waals surface area (Å²) in [6.45, 7) is 5.95. The summed E-state index contributed by atoms with van der Waals surface area (Å²) in [5, 5.41) is 2.94. The van der Waals surface area contributed by atoms with Crippen LogP contribution in [0.1, 0.15) is 68.6 Å². The lowest BCUT2D eigenvalue weighted by Crippen LogP contribution is -2.45. The van der Waals surface area contributed by atoms with E-state index < -0.39 is 17.2 Å². The molecule has 1 aliphatic carbocycles. The van der Waals surface area contributed by atoms with Gasteiger partial charge in [-0.05, 0) is 92.9 Å². The molecule has 2 aromatic carbocycles. The zero-order valence-corrected chi connectivity index (χ0v) is 21.7. The van der Waals surface area contributed by atoms with E-state index in [2.05, 4.69) is 10.2 Å². The van der Waals surface area contributed by atoms with E-state index in [1.807, 2.05) is 26.0 Å². The lowest BCUT2D eigenvalue weighted by atomic mass is 9.74. The lowest BCUT2D eigenvalue weighted by Gasteiger charge is -2.38. The van der Waals surface area contributed by atoms with Crippen LogP contribution in [0.25, 0.3) is 0 Å². The molecular weight excluding hydrogens is 484 g/mol. The Kier molecular flexibility index (Phi) is 8.17. The molecule has 2 unspecified atom stereocenters. The molecule has 1 N–H and O–H groups in total. The van der Waals surface area contributed by atoms with Gasteiger partial charge in [-0.3, -0.25) is 4.79 Å². The zero-order chi connectivity index (χ0) is 26.8. The van der Waals surface area contributed by atoms with Crippen molar-refractivity contribution in [1.29, 1.82) is 0 Å². The number of benzene rings is 2. The standard InChI is InChI=1S/C29H36F4N2O2/c1-19(2)28(27(36)34-18-22-16-23(29(31,32)33)6-9-26(22)37-3)13-10-25(17-28)35-14-11-21(12-15-35)20-4-7-24(30)8-5-20/h4-9,16,19,21,25H,10-15,17-18H2,1-3H3,(H,34,36). The van der Waals surface area contributed by atoms with E-state index in [1.165, 1.54) is 30.9 Å². The highest BCUT2D eigenvalue weighted by Crippen LogP contribution is 2.47. The van der Waals surface area contributed by atoms with E-state index >= 15 is 0 Å². The lowest BCUT2D eigenvalue weighted by molar-refractivity contribution is -0.137. The van der Waals surface area contributed by atoms with Gasteiger partial charge in [0.05, 0.1) is 18.1 Å². The molecule has 1 heterocycles. The summed E-state index contributed by atoms with van der Waals surface area (Å²) in [5.41, 5.74) is 0.157. The number of hydrogen-bond donors (Lipinski definition) is 1. The Morgan fingerprint density at radius 3 is 2.38 bits per heavy atom. The maximum Gasteiger partial charge on any atom is 0.416 e. The normalized spacial score (nSPS) is 23.4. The Morgan fingerprint density at radius 1 is 1.11 bits per heavy atom. The van der Waals surface area contributed by atoms with Crippen LogP contribution in [-0.2, 0) is 17.5 Å². The first-order valence-electron chi connectivity index (χ1n) is 13.1. The van der Waals surface area contributed by atoms with E-state index in [0.717, 1.165) is 57.3 Å². The van der Waals surface area contributed by atoms with Gasteiger partial charge in [-0.2, -0.15) is 13.2 Å². The molecular formula is C29H36F4N2O2. The Bertz CT molecular complexity index is 1080. The first-order valence-corrected chi connectivity index (χ1v) is 13.1. The van der Waals surface area contributed by atoms with Crippen molar-refractivity contribution in [3.8, 4) is 5.75 Å². The number of halogens is 4. The number of amides is 1. The van der Waals surface area contributed by atoms with Gasteiger partial charge in [-0.15, -0.1) is 0 Å². The van der Waals surface area contributed by atoms with Crippen molar-refractivity contribution in [2.45, 2.75) is 70.6 Å². The molecule has 1 amide bonds. The molecule has 0 radical (unpaired) electrons. The average Bonchev–Trinajstić information content (AvgIpc) is 3.34. The van der Waals surface area contributed by atoms with Crippen LogP contribution < -0.4 is 10.1 Å². The van der Waals surface area contributed by atoms with E-state index in [9.17, 15) is 22.4 Å². The third-order valence-corrected chi connectivity index (χ3v) is 8.52. The minimum Gasteiger partial charge on any atom is -0.496 e. The molecule has 1 saturated heterocycles. The average molecular weight is 521 g/mol. The monoisotopic (exact) mass is 520 g/mol. The molecule has 2 fully saturated rings. The highest BCUT2D eigenvalue weighted by atomic mass is 19.4. The van der Waals surface area contributed by atoms with Crippen LogP contribution in [0.2, 0.25) is 0 Å². The number of alkyl halides is 3. The van der Waals surface area contributed by atoms with Crippen molar-refractivity contribution in [2.75, 3.05) is 20.2 Å². The molecule has 4 nitrogen and oxygen atoms in total. The second-order valence-corrected chi connectivity index (χ2v) is 10.8. The molecule has 0 bridgehead atoms. The van der Waals surface area contributed by atoms with Crippen molar-refractivity contribution in [1.82, 2.24) is 10.2 Å². The molecule has 1 aliphatic heterocycles. The Hall–Kier alpha value is -2.61. The molecule has 4 rings (SSSR count). The number of methoxy groups -OCH3 is 1. The van der Waals surface area contributed by atoms with Crippen LogP contribution in [-0.4, -0.2) is 37.0 Å². The van der Waals surface area contributed by atoms with Crippen molar-refractivity contribution < 1.29 is 27.1 Å². The number of ether oxygens (including phenoxy) is 1. The van der Waals surface area contributed by atoms with E-state index in [4.69, 9.17) is 4.74 Å². The predicted molar refractivity (Wildman–Crippen MR) is 135 cm³/mol. The van der Waals surface area contributed by atoms with Gasteiger partial charge in [0.1, 0.15) is 11.6 Å². The highest BCUT2D eigenvalue weighted by molar-refractivity contribution is 5.83. The molecule has 0 spiro atoms. The number of nitrogens with zero attached hydrogens (tertiary/aromatic N) is 1. The van der Waals surface area contributed by atoms with E-state index in [0.29, 0.717) is 23.3 Å². The van der Waals surface area contributed by atoms with Crippen LogP contribution in [0.5, 0.6) is 5.75 Å². The quantitative estimate of drug-likeness (QED) is 0.422. The third kappa shape index (κ3) is 5.95. The van der Waals surface area contributed by atoms with Crippen molar-refractivity contribution in [2.24, 2.45) is 11.3 Å². The minimum absolute atomic E-state index is 0.0197. The fourth-order valence-electron chi connectivity index (χ4n) is 6.13. The third-order valence-electron chi connectivity index (χ3n) is 8.52. The zero-order valence-electron chi connectivity index (χ0n) is 21.7. The minimum atomic E-state index is -4.47. The van der Waals surface area contributed by atoms with Crippen LogP contribution >= 0.6 is 0 Å². The largest absolute Gasteiger partial charge is 0.496 e. The number of rotatable bonds is 7. The van der Waals surface area contributed by atoms with Gasteiger partial charge >= 0.3 is 6.18 Å². The molecule has 2 atom stereocenters. The summed E-state index contributed by atoms with van der Waals surface area (Å²) >= 11 is 0. The maximum atomic E-state index is 13.5. The number of likely N-dealkylation sites (tertiary alicyclic amines) is 1. The molecule has 0 aromatic heterocycles. The molecule has 8 heteroatoms. The first kappa shape index (κ1) is 27.4. The smallest absolute Gasteiger partial charge is 0.416 e. The maximum absolute atomic E-state index is 13.5. The topological polar surface area (TPSA) is 41.6 Å². The Balaban J connectivity index is 1.39. The summed E-state index contributed by atoms with van der Waals surface area (Å²) in [6.07, 6.45) is -0.0698. The summed E-state index contributed by atoms with van der Waals surface area (Å²) in [4.78, 5) is 16.0. The molecule has 2 aliphatic rings. The molecule has 202 valence electrons. The number of carbonyl (C=O) groups is 1. The van der Waals surface area contributed by atoms with Gasteiger partial charge in [0.15, 0.2) is 0 Å². The molecule has 37 heavy (non-hydrogen) atoms. The second kappa shape index (κ2) is 11.0. The van der Waals surface area contributed by atoms with Gasteiger partial charge in [0.25, 0.3) is 0 Å². The molecule has 1 saturated carbocycles. The number of piperidine rings is 1.